The first-order chi connectivity index (χ1) is 11.8. The minimum atomic E-state index is 0.767. The van der Waals surface area contributed by atoms with Crippen molar-refractivity contribution in [3.8, 4) is 11.3 Å². The van der Waals surface area contributed by atoms with Gasteiger partial charge < -0.3 is 5.21 Å². The van der Waals surface area contributed by atoms with Crippen LogP contribution in [0.5, 0.6) is 0 Å². The predicted octanol–water partition coefficient (Wildman–Crippen LogP) is 6.11. The lowest BCUT2D eigenvalue weighted by Crippen LogP contribution is -2.08. The monoisotopic (exact) mass is 337 g/mol. The Hall–Kier alpha value is -1.87. The number of hydrogen-bond donors (Lipinski definition) is 1. The molecule has 3 heteroatoms. The van der Waals surface area contributed by atoms with E-state index in [4.69, 9.17) is 0 Å². The van der Waals surface area contributed by atoms with Gasteiger partial charge in [0.2, 0.25) is 0 Å². The van der Waals surface area contributed by atoms with Gasteiger partial charge in [-0.2, -0.15) is 16.5 Å². The number of fused-ring (bicyclic) bond motifs is 1. The van der Waals surface area contributed by atoms with Crippen molar-refractivity contribution in [3.05, 3.63) is 60.2 Å². The maximum Gasteiger partial charge on any atom is 0.0919 e. The van der Waals surface area contributed by atoms with E-state index >= 15 is 0 Å². The first-order valence-corrected chi connectivity index (χ1v) is 9.88. The van der Waals surface area contributed by atoms with Crippen LogP contribution in [0.15, 0.2) is 54.6 Å². The van der Waals surface area contributed by atoms with Gasteiger partial charge in [-0.15, -0.1) is 0 Å². The number of thioether (sulfide) groups is 1. The maximum atomic E-state index is 10.8. The second-order valence-corrected chi connectivity index (χ2v) is 7.88. The third kappa shape index (κ3) is 2.93. The van der Waals surface area contributed by atoms with Crippen molar-refractivity contribution in [2.24, 2.45) is 0 Å². The molecule has 0 amide bonds. The molecule has 0 saturated heterocycles. The maximum absolute atomic E-state index is 10.8. The van der Waals surface area contributed by atoms with Crippen LogP contribution in [-0.4, -0.2) is 15.2 Å². The van der Waals surface area contributed by atoms with Gasteiger partial charge in [-0.25, -0.2) is 0 Å². The van der Waals surface area contributed by atoms with E-state index in [9.17, 15) is 5.21 Å². The summed E-state index contributed by atoms with van der Waals surface area (Å²) in [7, 11) is 0. The SMILES string of the molecule is On1c(-c2ccccc2)c(CSC2CCCCC2)c2ccccc21. The van der Waals surface area contributed by atoms with Crippen LogP contribution in [0.3, 0.4) is 0 Å². The van der Waals surface area contributed by atoms with Crippen molar-refractivity contribution in [2.45, 2.75) is 43.1 Å². The molecule has 4 rings (SSSR count). The van der Waals surface area contributed by atoms with Crippen molar-refractivity contribution >= 4 is 22.7 Å². The molecule has 0 aliphatic heterocycles. The highest BCUT2D eigenvalue weighted by Gasteiger charge is 2.20. The lowest BCUT2D eigenvalue weighted by Gasteiger charge is -2.21. The summed E-state index contributed by atoms with van der Waals surface area (Å²) in [5, 5.41) is 12.7. The molecule has 2 nitrogen and oxygen atoms in total. The van der Waals surface area contributed by atoms with E-state index < -0.39 is 0 Å². The summed E-state index contributed by atoms with van der Waals surface area (Å²) >= 11 is 2.06. The van der Waals surface area contributed by atoms with Crippen LogP contribution < -0.4 is 0 Å². The summed E-state index contributed by atoms with van der Waals surface area (Å²) in [6.07, 6.45) is 6.80. The first-order valence-electron chi connectivity index (χ1n) is 8.83. The topological polar surface area (TPSA) is 25.2 Å². The molecule has 0 spiro atoms. The number of benzene rings is 2. The second kappa shape index (κ2) is 6.94. The van der Waals surface area contributed by atoms with Crippen molar-refractivity contribution in [1.82, 2.24) is 4.73 Å². The fourth-order valence-electron chi connectivity index (χ4n) is 3.76. The smallest absolute Gasteiger partial charge is 0.0919 e. The molecule has 24 heavy (non-hydrogen) atoms. The number of aromatic nitrogens is 1. The molecular weight excluding hydrogens is 314 g/mol. The van der Waals surface area contributed by atoms with Gasteiger partial charge in [0.25, 0.3) is 0 Å². The van der Waals surface area contributed by atoms with Gasteiger partial charge in [-0.05, 0) is 24.5 Å². The second-order valence-electron chi connectivity index (χ2n) is 6.59. The summed E-state index contributed by atoms with van der Waals surface area (Å²) in [5.74, 6) is 0.961. The van der Waals surface area contributed by atoms with E-state index in [0.29, 0.717) is 0 Å². The molecule has 1 fully saturated rings. The van der Waals surface area contributed by atoms with E-state index in [1.807, 2.05) is 30.3 Å². The normalized spacial score (nSPS) is 15.8. The van der Waals surface area contributed by atoms with Crippen LogP contribution in [0.25, 0.3) is 22.2 Å². The molecule has 1 aliphatic rings. The van der Waals surface area contributed by atoms with E-state index in [2.05, 4.69) is 36.0 Å². The lowest BCUT2D eigenvalue weighted by molar-refractivity contribution is 0.204. The number of hydrogen-bond acceptors (Lipinski definition) is 2. The van der Waals surface area contributed by atoms with Crippen LogP contribution in [0.4, 0.5) is 0 Å². The summed E-state index contributed by atoms with van der Waals surface area (Å²) in [5.41, 5.74) is 4.18. The van der Waals surface area contributed by atoms with Crippen molar-refractivity contribution in [1.29, 1.82) is 0 Å². The predicted molar refractivity (Wildman–Crippen MR) is 103 cm³/mol. The average molecular weight is 337 g/mol. The van der Waals surface area contributed by atoms with Crippen molar-refractivity contribution in [3.63, 3.8) is 0 Å². The number of nitrogens with zero attached hydrogens (tertiary/aromatic N) is 1. The highest BCUT2D eigenvalue weighted by atomic mass is 32.2. The van der Waals surface area contributed by atoms with Gasteiger partial charge in [0, 0.05) is 22.0 Å². The van der Waals surface area contributed by atoms with Crippen molar-refractivity contribution < 1.29 is 5.21 Å². The molecule has 1 aliphatic carbocycles. The zero-order valence-electron chi connectivity index (χ0n) is 13.8. The van der Waals surface area contributed by atoms with Gasteiger partial charge in [-0.1, -0.05) is 67.8 Å². The Morgan fingerprint density at radius 2 is 1.62 bits per heavy atom. The van der Waals surface area contributed by atoms with E-state index in [0.717, 1.165) is 27.8 Å². The Bertz CT molecular complexity index is 818. The van der Waals surface area contributed by atoms with E-state index in [1.54, 1.807) is 0 Å². The summed E-state index contributed by atoms with van der Waals surface area (Å²) in [6, 6.07) is 18.4. The molecule has 0 atom stereocenters. The largest absolute Gasteiger partial charge is 0.428 e. The van der Waals surface area contributed by atoms with Gasteiger partial charge in [-0.3, -0.25) is 0 Å². The van der Waals surface area contributed by atoms with Gasteiger partial charge in [0.05, 0.1) is 11.2 Å². The first kappa shape index (κ1) is 15.6. The van der Waals surface area contributed by atoms with E-state index in [-0.39, 0.29) is 0 Å². The van der Waals surface area contributed by atoms with Crippen LogP contribution in [0, 0.1) is 0 Å². The number of rotatable bonds is 4. The van der Waals surface area contributed by atoms with Gasteiger partial charge in [0.15, 0.2) is 0 Å². The number of para-hydroxylation sites is 1. The van der Waals surface area contributed by atoms with Crippen LogP contribution in [0.2, 0.25) is 0 Å². The minimum absolute atomic E-state index is 0.767. The van der Waals surface area contributed by atoms with Crippen LogP contribution in [-0.2, 0) is 5.75 Å². The van der Waals surface area contributed by atoms with Crippen LogP contribution in [0.1, 0.15) is 37.7 Å². The Morgan fingerprint density at radius 1 is 0.917 bits per heavy atom. The Morgan fingerprint density at radius 3 is 2.42 bits per heavy atom. The average Bonchev–Trinajstić information content (AvgIpc) is 2.94. The molecular formula is C21H23NOS. The minimum Gasteiger partial charge on any atom is -0.428 e. The molecule has 0 radical (unpaired) electrons. The van der Waals surface area contributed by atoms with Crippen molar-refractivity contribution in [2.75, 3.05) is 0 Å². The molecule has 124 valence electrons. The van der Waals surface area contributed by atoms with Crippen LogP contribution >= 0.6 is 11.8 Å². The molecule has 1 heterocycles. The molecule has 0 unspecified atom stereocenters. The standard InChI is InChI=1S/C21H23NOS/c23-22-20-14-8-7-13-18(20)19(15-24-17-11-5-2-6-12-17)21(22)16-9-3-1-4-10-16/h1,3-4,7-10,13-14,17,23H,2,5-6,11-12,15H2. The summed E-state index contributed by atoms with van der Waals surface area (Å²) < 4.78 is 1.38. The Balaban J connectivity index is 1.74. The Labute approximate surface area is 147 Å². The quantitative estimate of drug-likeness (QED) is 0.581. The lowest BCUT2D eigenvalue weighted by atomic mass is 10.0. The van der Waals surface area contributed by atoms with Gasteiger partial charge in [0.1, 0.15) is 0 Å². The molecule has 2 aromatic carbocycles. The highest BCUT2D eigenvalue weighted by molar-refractivity contribution is 7.99. The molecule has 1 aromatic heterocycles. The summed E-state index contributed by atoms with van der Waals surface area (Å²) in [6.45, 7) is 0. The fourth-order valence-corrected chi connectivity index (χ4v) is 5.12. The zero-order chi connectivity index (χ0) is 16.4. The third-order valence-electron chi connectivity index (χ3n) is 5.02. The Kier molecular flexibility index (Phi) is 4.52. The zero-order valence-corrected chi connectivity index (χ0v) is 14.6. The third-order valence-corrected chi connectivity index (χ3v) is 6.42. The van der Waals surface area contributed by atoms with Gasteiger partial charge >= 0.3 is 0 Å². The highest BCUT2D eigenvalue weighted by Crippen LogP contribution is 2.38. The van der Waals surface area contributed by atoms with E-state index in [1.165, 1.54) is 47.8 Å². The molecule has 1 N–H and O–H groups in total. The summed E-state index contributed by atoms with van der Waals surface area (Å²) in [4.78, 5) is 0. The fraction of sp³-hybridized carbons (Fsp3) is 0.333. The molecule has 1 saturated carbocycles. The molecule has 0 bridgehead atoms. The molecule has 3 aromatic rings.